The molecule has 2 aromatic carbocycles. The molecule has 3 heteroatoms. The lowest BCUT2D eigenvalue weighted by molar-refractivity contribution is 0.273. The van der Waals surface area contributed by atoms with E-state index in [4.69, 9.17) is 11.6 Å². The van der Waals surface area contributed by atoms with Gasteiger partial charge >= 0.3 is 0 Å². The fraction of sp³-hybridized carbons (Fsp3) is 0.444. The highest BCUT2D eigenvalue weighted by Crippen LogP contribution is 2.38. The van der Waals surface area contributed by atoms with E-state index < -0.39 is 0 Å². The summed E-state index contributed by atoms with van der Waals surface area (Å²) < 4.78 is 0. The van der Waals surface area contributed by atoms with Crippen LogP contribution in [0, 0.1) is 30.6 Å². The highest BCUT2D eigenvalue weighted by Gasteiger charge is 2.23. The molecule has 0 heterocycles. The van der Waals surface area contributed by atoms with E-state index in [2.05, 4.69) is 72.3 Å². The summed E-state index contributed by atoms with van der Waals surface area (Å²) in [6, 6.07) is 12.6. The van der Waals surface area contributed by atoms with Crippen molar-refractivity contribution < 1.29 is 0 Å². The van der Waals surface area contributed by atoms with Crippen molar-refractivity contribution in [2.24, 2.45) is 16.8 Å². The van der Waals surface area contributed by atoms with Crippen molar-refractivity contribution in [1.29, 1.82) is 0 Å². The standard InChI is InChI=1S/C27H30ClNS/c1-4-19(2)15-22-9-13-25(14-10-22)24-11-7-21(8-12-24)5-6-23-16-20(3)27(29-18-30)26(28)17-23/h7-8,11-12,16-17,19,22,25H,4,9-10,13-15H2,1-3H3. The molecule has 2 aromatic rings. The average Bonchev–Trinajstić information content (AvgIpc) is 2.75. The zero-order valence-electron chi connectivity index (χ0n) is 18.2. The average molecular weight is 436 g/mol. The topological polar surface area (TPSA) is 12.4 Å². The predicted octanol–water partition coefficient (Wildman–Crippen LogP) is 8.49. The van der Waals surface area contributed by atoms with E-state index in [-0.39, 0.29) is 0 Å². The molecule has 1 fully saturated rings. The monoisotopic (exact) mass is 435 g/mol. The highest BCUT2D eigenvalue weighted by molar-refractivity contribution is 7.78. The first-order chi connectivity index (χ1) is 14.5. The Balaban J connectivity index is 1.63. The molecule has 156 valence electrons. The van der Waals surface area contributed by atoms with Crippen LogP contribution in [0.2, 0.25) is 5.02 Å². The molecular weight excluding hydrogens is 406 g/mol. The minimum Gasteiger partial charge on any atom is -0.193 e. The minimum atomic E-state index is 0.552. The second kappa shape index (κ2) is 10.9. The van der Waals surface area contributed by atoms with E-state index in [9.17, 15) is 0 Å². The van der Waals surface area contributed by atoms with Gasteiger partial charge in [-0.25, -0.2) is 0 Å². The molecular formula is C27H30ClNS. The van der Waals surface area contributed by atoms with Gasteiger partial charge in [0, 0.05) is 11.1 Å². The maximum Gasteiger partial charge on any atom is 0.0955 e. The summed E-state index contributed by atoms with van der Waals surface area (Å²) in [4.78, 5) is 4.03. The summed E-state index contributed by atoms with van der Waals surface area (Å²) in [5, 5.41) is 2.93. The van der Waals surface area contributed by atoms with Crippen molar-refractivity contribution >= 4 is 34.7 Å². The molecule has 3 rings (SSSR count). The Labute approximate surface area is 192 Å². The van der Waals surface area contributed by atoms with Gasteiger partial charge in [-0.15, -0.1) is 0 Å². The van der Waals surface area contributed by atoms with E-state index in [1.54, 1.807) is 0 Å². The lowest BCUT2D eigenvalue weighted by Gasteiger charge is -2.30. The van der Waals surface area contributed by atoms with Crippen LogP contribution in [0.5, 0.6) is 0 Å². The highest BCUT2D eigenvalue weighted by atomic mass is 35.5. The maximum absolute atomic E-state index is 6.30. The van der Waals surface area contributed by atoms with Crippen molar-refractivity contribution in [3.63, 3.8) is 0 Å². The van der Waals surface area contributed by atoms with Crippen LogP contribution < -0.4 is 0 Å². The van der Waals surface area contributed by atoms with Gasteiger partial charge in [0.15, 0.2) is 0 Å². The van der Waals surface area contributed by atoms with Gasteiger partial charge in [-0.1, -0.05) is 55.8 Å². The smallest absolute Gasteiger partial charge is 0.0955 e. The molecule has 0 radical (unpaired) electrons. The minimum absolute atomic E-state index is 0.552. The number of aliphatic imine (C=N–C) groups is 1. The van der Waals surface area contributed by atoms with Crippen LogP contribution in [0.3, 0.4) is 0 Å². The Bertz CT molecular complexity index is 945. The van der Waals surface area contributed by atoms with Gasteiger partial charge in [0.05, 0.1) is 15.9 Å². The van der Waals surface area contributed by atoms with E-state index >= 15 is 0 Å². The van der Waals surface area contributed by atoms with Gasteiger partial charge in [0.25, 0.3) is 0 Å². The van der Waals surface area contributed by atoms with E-state index in [1.807, 2.05) is 19.1 Å². The number of rotatable bonds is 5. The first-order valence-electron chi connectivity index (χ1n) is 11.0. The van der Waals surface area contributed by atoms with Gasteiger partial charge in [0.1, 0.15) is 0 Å². The summed E-state index contributed by atoms with van der Waals surface area (Å²) in [6.07, 6.45) is 8.10. The number of nitrogens with zero attached hydrogens (tertiary/aromatic N) is 1. The zero-order valence-corrected chi connectivity index (χ0v) is 19.7. The molecule has 1 aliphatic carbocycles. The van der Waals surface area contributed by atoms with Crippen LogP contribution >= 0.6 is 23.8 Å². The summed E-state index contributed by atoms with van der Waals surface area (Å²) in [7, 11) is 0. The summed E-state index contributed by atoms with van der Waals surface area (Å²) in [5.74, 6) is 8.98. The van der Waals surface area contributed by atoms with Crippen molar-refractivity contribution in [2.75, 3.05) is 0 Å². The Morgan fingerprint density at radius 3 is 2.33 bits per heavy atom. The third-order valence-electron chi connectivity index (χ3n) is 6.42. The van der Waals surface area contributed by atoms with E-state index in [1.165, 1.54) is 44.1 Å². The van der Waals surface area contributed by atoms with Gasteiger partial charge in [-0.05, 0) is 104 Å². The van der Waals surface area contributed by atoms with Crippen LogP contribution in [-0.4, -0.2) is 5.16 Å². The van der Waals surface area contributed by atoms with Crippen molar-refractivity contribution in [1.82, 2.24) is 0 Å². The lowest BCUT2D eigenvalue weighted by Crippen LogP contribution is -2.15. The normalized spacial score (nSPS) is 19.3. The molecule has 1 nitrogen and oxygen atoms in total. The predicted molar refractivity (Wildman–Crippen MR) is 132 cm³/mol. The molecule has 0 saturated heterocycles. The summed E-state index contributed by atoms with van der Waals surface area (Å²) in [5.41, 5.74) is 4.98. The van der Waals surface area contributed by atoms with Crippen LogP contribution in [0.25, 0.3) is 0 Å². The van der Waals surface area contributed by atoms with Crippen LogP contribution in [-0.2, 0) is 0 Å². The largest absolute Gasteiger partial charge is 0.193 e. The fourth-order valence-electron chi connectivity index (χ4n) is 4.45. The number of halogens is 1. The second-order valence-corrected chi connectivity index (χ2v) is 9.26. The first-order valence-corrected chi connectivity index (χ1v) is 11.8. The number of hydrogen-bond acceptors (Lipinski definition) is 2. The number of benzene rings is 2. The first kappa shape index (κ1) is 22.8. The summed E-state index contributed by atoms with van der Waals surface area (Å²) in [6.45, 7) is 6.65. The van der Waals surface area contributed by atoms with Crippen LogP contribution in [0.1, 0.15) is 80.5 Å². The molecule has 1 atom stereocenters. The van der Waals surface area contributed by atoms with E-state index in [0.717, 1.165) is 28.5 Å². The number of isothiocyanates is 1. The van der Waals surface area contributed by atoms with Crippen molar-refractivity contribution in [3.05, 3.63) is 63.7 Å². The second-order valence-electron chi connectivity index (χ2n) is 8.67. The Kier molecular flexibility index (Phi) is 8.29. The third-order valence-corrected chi connectivity index (χ3v) is 6.80. The molecule has 0 spiro atoms. The van der Waals surface area contributed by atoms with E-state index in [0.29, 0.717) is 16.6 Å². The molecule has 0 aromatic heterocycles. The molecule has 1 saturated carbocycles. The van der Waals surface area contributed by atoms with Gasteiger partial charge in [0.2, 0.25) is 0 Å². The van der Waals surface area contributed by atoms with Gasteiger partial charge in [-0.2, -0.15) is 4.99 Å². The number of thiocarbonyl (C=S) groups is 1. The Morgan fingerprint density at radius 2 is 1.73 bits per heavy atom. The molecule has 1 unspecified atom stereocenters. The molecule has 30 heavy (non-hydrogen) atoms. The quantitative estimate of drug-likeness (QED) is 0.260. The molecule has 0 N–H and O–H groups in total. The fourth-order valence-corrected chi connectivity index (χ4v) is 4.85. The maximum atomic E-state index is 6.30. The molecule has 0 aliphatic heterocycles. The Hall–Kier alpha value is -1.91. The SMILES string of the molecule is CCC(C)CC1CCC(c2ccc(C#Cc3cc(C)c(N=C=S)c(Cl)c3)cc2)CC1. The van der Waals surface area contributed by atoms with Gasteiger partial charge in [-0.3, -0.25) is 0 Å². The Morgan fingerprint density at radius 1 is 1.07 bits per heavy atom. The third kappa shape index (κ3) is 6.05. The van der Waals surface area contributed by atoms with Crippen molar-refractivity contribution in [2.45, 2.75) is 65.2 Å². The van der Waals surface area contributed by atoms with Crippen LogP contribution in [0.15, 0.2) is 41.4 Å². The molecule has 0 amide bonds. The summed E-state index contributed by atoms with van der Waals surface area (Å²) >= 11 is 11.0. The van der Waals surface area contributed by atoms with Gasteiger partial charge < -0.3 is 0 Å². The molecule has 1 aliphatic rings. The number of aryl methyl sites for hydroxylation is 1. The number of hydrogen-bond donors (Lipinski definition) is 0. The van der Waals surface area contributed by atoms with Crippen molar-refractivity contribution in [3.8, 4) is 11.8 Å². The van der Waals surface area contributed by atoms with Crippen LogP contribution in [0.4, 0.5) is 5.69 Å². The molecule has 0 bridgehead atoms. The lowest BCUT2D eigenvalue weighted by atomic mass is 9.75. The zero-order chi connectivity index (χ0) is 21.5.